The van der Waals surface area contributed by atoms with Crippen LogP contribution in [-0.2, 0) is 4.79 Å². The Morgan fingerprint density at radius 1 is 1.20 bits per heavy atom. The molecule has 2 N–H and O–H groups in total. The molecule has 1 aromatic carbocycles. The summed E-state index contributed by atoms with van der Waals surface area (Å²) in [5.41, 5.74) is 8.41. The van der Waals surface area contributed by atoms with Crippen molar-refractivity contribution in [3.05, 3.63) is 47.7 Å². The van der Waals surface area contributed by atoms with E-state index in [-0.39, 0.29) is 5.91 Å². The molecule has 1 aromatic heterocycles. The summed E-state index contributed by atoms with van der Waals surface area (Å²) in [6, 6.07) is 10.6. The van der Waals surface area contributed by atoms with Crippen LogP contribution in [0.3, 0.4) is 0 Å². The van der Waals surface area contributed by atoms with Crippen molar-refractivity contribution in [1.29, 1.82) is 0 Å². The van der Waals surface area contributed by atoms with Crippen LogP contribution in [0.1, 0.15) is 48.7 Å². The monoisotopic (exact) mass is 338 g/mol. The second-order valence-electron chi connectivity index (χ2n) is 6.64. The number of hydrogen-bond acceptors (Lipinski definition) is 4. The lowest BCUT2D eigenvalue weighted by molar-refractivity contribution is -0.121. The number of carbonyl (C=O) groups excluding carboxylic acids is 2. The maximum absolute atomic E-state index is 12.8. The van der Waals surface area contributed by atoms with Gasteiger partial charge in [0.05, 0.1) is 11.4 Å². The first kappa shape index (κ1) is 17.1. The average Bonchev–Trinajstić information content (AvgIpc) is 3.11. The second-order valence-corrected chi connectivity index (χ2v) is 6.64. The van der Waals surface area contributed by atoms with Crippen molar-refractivity contribution in [1.82, 2.24) is 15.1 Å². The summed E-state index contributed by atoms with van der Waals surface area (Å²) in [6.07, 6.45) is 1.42. The van der Waals surface area contributed by atoms with E-state index in [1.807, 2.05) is 24.3 Å². The van der Waals surface area contributed by atoms with Gasteiger partial charge in [0.15, 0.2) is 0 Å². The Morgan fingerprint density at radius 2 is 2.00 bits per heavy atom. The van der Waals surface area contributed by atoms with Gasteiger partial charge >= 0.3 is 0 Å². The molecule has 1 aliphatic heterocycles. The summed E-state index contributed by atoms with van der Waals surface area (Å²) in [5, 5.41) is 8.50. The highest BCUT2D eigenvalue weighted by Crippen LogP contribution is 2.23. The van der Waals surface area contributed by atoms with Crippen LogP contribution in [0.15, 0.2) is 36.4 Å². The quantitative estimate of drug-likeness (QED) is 0.927. The number of aromatic nitrogens is 2. The fourth-order valence-electron chi connectivity index (χ4n) is 3.09. The van der Waals surface area contributed by atoms with Crippen molar-refractivity contribution in [2.75, 3.05) is 6.54 Å². The standard InChI is InChI=1S/C19H22N4O2/c1-12(2)15-8-9-16(22-21-15)13-5-3-6-14(11-13)19(25)23-10-4-7-17(23)18(20)24/h3,5-6,8-9,11-12,17H,4,7,10H2,1-2H3,(H2,20,24)/t17-/m0/s1. The van der Waals surface area contributed by atoms with E-state index in [0.717, 1.165) is 17.7 Å². The van der Waals surface area contributed by atoms with Gasteiger partial charge in [-0.2, -0.15) is 10.2 Å². The molecule has 1 fully saturated rings. The highest BCUT2D eigenvalue weighted by molar-refractivity contribution is 5.98. The third-order valence-electron chi connectivity index (χ3n) is 4.52. The molecule has 3 rings (SSSR count). The molecule has 0 unspecified atom stereocenters. The Morgan fingerprint density at radius 3 is 2.64 bits per heavy atom. The van der Waals surface area contributed by atoms with E-state index < -0.39 is 11.9 Å². The van der Waals surface area contributed by atoms with E-state index in [2.05, 4.69) is 24.0 Å². The molecule has 6 heteroatoms. The fourth-order valence-corrected chi connectivity index (χ4v) is 3.09. The van der Waals surface area contributed by atoms with Gasteiger partial charge in [0.1, 0.15) is 6.04 Å². The molecule has 1 saturated heterocycles. The summed E-state index contributed by atoms with van der Waals surface area (Å²) >= 11 is 0. The highest BCUT2D eigenvalue weighted by atomic mass is 16.2. The van der Waals surface area contributed by atoms with Crippen molar-refractivity contribution < 1.29 is 9.59 Å². The lowest BCUT2D eigenvalue weighted by Crippen LogP contribution is -2.43. The van der Waals surface area contributed by atoms with Crippen molar-refractivity contribution in [3.63, 3.8) is 0 Å². The minimum Gasteiger partial charge on any atom is -0.368 e. The van der Waals surface area contributed by atoms with Crippen LogP contribution in [0, 0.1) is 0 Å². The Balaban J connectivity index is 1.86. The Labute approximate surface area is 147 Å². The predicted octanol–water partition coefficient (Wildman–Crippen LogP) is 2.36. The van der Waals surface area contributed by atoms with Crippen molar-refractivity contribution in [3.8, 4) is 11.3 Å². The molecule has 1 aliphatic rings. The molecule has 0 radical (unpaired) electrons. The second kappa shape index (κ2) is 7.01. The van der Waals surface area contributed by atoms with Crippen LogP contribution in [0.25, 0.3) is 11.3 Å². The molecule has 6 nitrogen and oxygen atoms in total. The number of carbonyl (C=O) groups is 2. The van der Waals surface area contributed by atoms with Crippen molar-refractivity contribution >= 4 is 11.8 Å². The molecule has 130 valence electrons. The van der Waals surface area contributed by atoms with E-state index in [4.69, 9.17) is 5.73 Å². The minimum absolute atomic E-state index is 0.171. The Hall–Kier alpha value is -2.76. The summed E-state index contributed by atoms with van der Waals surface area (Å²) in [5.74, 6) is -0.303. The number of nitrogens with two attached hydrogens (primary N) is 1. The maximum Gasteiger partial charge on any atom is 0.254 e. The Bertz CT molecular complexity index is 786. The van der Waals surface area contributed by atoms with Gasteiger partial charge in [0.2, 0.25) is 5.91 Å². The first-order valence-corrected chi connectivity index (χ1v) is 8.51. The lowest BCUT2D eigenvalue weighted by atomic mass is 10.1. The van der Waals surface area contributed by atoms with Gasteiger partial charge in [-0.25, -0.2) is 0 Å². The first-order chi connectivity index (χ1) is 12.0. The molecule has 2 heterocycles. The predicted molar refractivity (Wildman–Crippen MR) is 94.8 cm³/mol. The molecule has 2 amide bonds. The number of hydrogen-bond donors (Lipinski definition) is 1. The molecule has 1 atom stereocenters. The molecule has 0 spiro atoms. The van der Waals surface area contributed by atoms with Crippen LogP contribution in [-0.4, -0.2) is 39.5 Å². The Kier molecular flexibility index (Phi) is 4.79. The molecule has 25 heavy (non-hydrogen) atoms. The molecular weight excluding hydrogens is 316 g/mol. The van der Waals surface area contributed by atoms with Gasteiger partial charge in [0.25, 0.3) is 5.91 Å². The molecule has 0 aliphatic carbocycles. The third-order valence-corrected chi connectivity index (χ3v) is 4.52. The molecule has 0 saturated carbocycles. The summed E-state index contributed by atoms with van der Waals surface area (Å²) < 4.78 is 0. The van der Waals surface area contributed by atoms with Crippen LogP contribution >= 0.6 is 0 Å². The number of rotatable bonds is 4. The largest absolute Gasteiger partial charge is 0.368 e. The van der Waals surface area contributed by atoms with E-state index in [9.17, 15) is 9.59 Å². The van der Waals surface area contributed by atoms with E-state index in [1.165, 1.54) is 0 Å². The topological polar surface area (TPSA) is 89.2 Å². The zero-order valence-electron chi connectivity index (χ0n) is 14.5. The highest BCUT2D eigenvalue weighted by Gasteiger charge is 2.33. The van der Waals surface area contributed by atoms with E-state index in [1.54, 1.807) is 17.0 Å². The van der Waals surface area contributed by atoms with Gasteiger partial charge in [-0.1, -0.05) is 26.0 Å². The van der Waals surface area contributed by atoms with Gasteiger partial charge in [-0.15, -0.1) is 0 Å². The van der Waals surface area contributed by atoms with Gasteiger partial charge in [-0.05, 0) is 43.0 Å². The van der Waals surface area contributed by atoms with Crippen LogP contribution < -0.4 is 5.73 Å². The van der Waals surface area contributed by atoms with Crippen molar-refractivity contribution in [2.45, 2.75) is 38.6 Å². The molecule has 2 aromatic rings. The minimum atomic E-state index is -0.513. The lowest BCUT2D eigenvalue weighted by Gasteiger charge is -2.22. The van der Waals surface area contributed by atoms with Gasteiger partial charge in [0, 0.05) is 17.7 Å². The van der Waals surface area contributed by atoms with Gasteiger partial charge < -0.3 is 10.6 Å². The van der Waals surface area contributed by atoms with E-state index >= 15 is 0 Å². The smallest absolute Gasteiger partial charge is 0.254 e. The first-order valence-electron chi connectivity index (χ1n) is 8.51. The molecule has 0 bridgehead atoms. The maximum atomic E-state index is 12.8. The SMILES string of the molecule is CC(C)c1ccc(-c2cccc(C(=O)N3CCC[C@H]3C(N)=O)c2)nn1. The normalized spacial score (nSPS) is 17.1. The number of likely N-dealkylation sites (tertiary alicyclic amines) is 1. The summed E-state index contributed by atoms with van der Waals surface area (Å²) in [6.45, 7) is 4.68. The van der Waals surface area contributed by atoms with E-state index in [0.29, 0.717) is 30.1 Å². The number of primary amides is 1. The summed E-state index contributed by atoms with van der Waals surface area (Å²) in [4.78, 5) is 25.9. The zero-order chi connectivity index (χ0) is 18.0. The van der Waals surface area contributed by atoms with Crippen LogP contribution in [0.2, 0.25) is 0 Å². The van der Waals surface area contributed by atoms with Crippen LogP contribution in [0.5, 0.6) is 0 Å². The van der Waals surface area contributed by atoms with Crippen molar-refractivity contribution in [2.24, 2.45) is 5.73 Å². The van der Waals surface area contributed by atoms with Gasteiger partial charge in [-0.3, -0.25) is 9.59 Å². The fraction of sp³-hybridized carbons (Fsp3) is 0.368. The van der Waals surface area contributed by atoms with Crippen LogP contribution in [0.4, 0.5) is 0 Å². The zero-order valence-corrected chi connectivity index (χ0v) is 14.5. The number of nitrogens with zero attached hydrogens (tertiary/aromatic N) is 3. The number of benzene rings is 1. The number of amides is 2. The average molecular weight is 338 g/mol. The summed E-state index contributed by atoms with van der Waals surface area (Å²) in [7, 11) is 0. The third kappa shape index (κ3) is 3.52. The molecular formula is C19H22N4O2.